The van der Waals surface area contributed by atoms with Crippen molar-refractivity contribution in [3.05, 3.63) is 35.4 Å². The first-order valence-corrected chi connectivity index (χ1v) is 6.70. The number of halogens is 2. The summed E-state index contributed by atoms with van der Waals surface area (Å²) in [7, 11) is 0. The summed E-state index contributed by atoms with van der Waals surface area (Å²) in [5.74, 6) is 0.00484. The highest BCUT2D eigenvalue weighted by Crippen LogP contribution is 2.27. The molecule has 5 heteroatoms. The quantitative estimate of drug-likeness (QED) is 0.866. The van der Waals surface area contributed by atoms with Crippen LogP contribution in [0.15, 0.2) is 18.2 Å². The average molecular weight is 259 g/mol. The highest BCUT2D eigenvalue weighted by molar-refractivity contribution is 7.99. The van der Waals surface area contributed by atoms with E-state index >= 15 is 0 Å². The van der Waals surface area contributed by atoms with Gasteiger partial charge in [0, 0.05) is 24.4 Å². The van der Waals surface area contributed by atoms with E-state index in [1.165, 1.54) is 6.07 Å². The lowest BCUT2D eigenvalue weighted by Gasteiger charge is -2.21. The van der Waals surface area contributed by atoms with Crippen molar-refractivity contribution < 1.29 is 13.9 Å². The molecule has 1 atom stereocenters. The Morgan fingerprint density at radius 3 is 2.94 bits per heavy atom. The van der Waals surface area contributed by atoms with Crippen LogP contribution >= 0.6 is 11.8 Å². The van der Waals surface area contributed by atoms with E-state index in [4.69, 9.17) is 0 Å². The first kappa shape index (κ1) is 12.8. The summed E-state index contributed by atoms with van der Waals surface area (Å²) in [6.07, 6.45) is 0.746. The standard InChI is InChI=1S/C12H15F2NOS/c13-10-3-1-2-9(11(10)14)6-15-7-12(16)4-5-17-8-12/h1-3,15-16H,4-8H2. The van der Waals surface area contributed by atoms with Crippen molar-refractivity contribution in [2.75, 3.05) is 18.1 Å². The van der Waals surface area contributed by atoms with Gasteiger partial charge in [-0.2, -0.15) is 11.8 Å². The Hall–Kier alpha value is -0.650. The summed E-state index contributed by atoms with van der Waals surface area (Å²) in [5.41, 5.74) is -0.409. The van der Waals surface area contributed by atoms with Gasteiger partial charge < -0.3 is 10.4 Å². The van der Waals surface area contributed by atoms with Crippen molar-refractivity contribution in [1.29, 1.82) is 0 Å². The number of hydrogen-bond donors (Lipinski definition) is 2. The molecule has 94 valence electrons. The lowest BCUT2D eigenvalue weighted by Crippen LogP contribution is -2.40. The van der Waals surface area contributed by atoms with Gasteiger partial charge in [-0.05, 0) is 18.2 Å². The molecule has 1 aromatic rings. The lowest BCUT2D eigenvalue weighted by atomic mass is 10.0. The van der Waals surface area contributed by atoms with Gasteiger partial charge in [0.15, 0.2) is 11.6 Å². The molecule has 0 aromatic heterocycles. The molecule has 17 heavy (non-hydrogen) atoms. The van der Waals surface area contributed by atoms with Crippen LogP contribution < -0.4 is 5.32 Å². The second-order valence-corrected chi connectivity index (χ2v) is 5.45. The number of nitrogens with one attached hydrogen (secondary N) is 1. The topological polar surface area (TPSA) is 32.3 Å². The molecule has 0 bridgehead atoms. The zero-order chi connectivity index (χ0) is 12.3. The SMILES string of the molecule is OC1(CNCc2cccc(F)c2F)CCSC1. The van der Waals surface area contributed by atoms with Crippen molar-refractivity contribution in [3.8, 4) is 0 Å². The van der Waals surface area contributed by atoms with E-state index in [0.29, 0.717) is 17.9 Å². The van der Waals surface area contributed by atoms with Crippen LogP contribution in [-0.2, 0) is 6.54 Å². The molecule has 0 spiro atoms. The van der Waals surface area contributed by atoms with Crippen LogP contribution in [0.1, 0.15) is 12.0 Å². The van der Waals surface area contributed by atoms with Crippen molar-refractivity contribution in [3.63, 3.8) is 0 Å². The highest BCUT2D eigenvalue weighted by Gasteiger charge is 2.31. The van der Waals surface area contributed by atoms with Gasteiger partial charge in [0.1, 0.15) is 0 Å². The monoisotopic (exact) mass is 259 g/mol. The van der Waals surface area contributed by atoms with E-state index in [-0.39, 0.29) is 6.54 Å². The molecule has 0 radical (unpaired) electrons. The minimum Gasteiger partial charge on any atom is -0.388 e. The molecule has 1 unspecified atom stereocenters. The van der Waals surface area contributed by atoms with Crippen LogP contribution in [0.4, 0.5) is 8.78 Å². The number of hydrogen-bond acceptors (Lipinski definition) is 3. The van der Waals surface area contributed by atoms with Crippen molar-refractivity contribution >= 4 is 11.8 Å². The summed E-state index contributed by atoms with van der Waals surface area (Å²) in [6, 6.07) is 4.12. The zero-order valence-electron chi connectivity index (χ0n) is 9.38. The molecule has 2 N–H and O–H groups in total. The summed E-state index contributed by atoms with van der Waals surface area (Å²) in [4.78, 5) is 0. The number of rotatable bonds is 4. The fraction of sp³-hybridized carbons (Fsp3) is 0.500. The summed E-state index contributed by atoms with van der Waals surface area (Å²) >= 11 is 1.71. The van der Waals surface area contributed by atoms with Gasteiger partial charge in [0.05, 0.1) is 5.60 Å². The van der Waals surface area contributed by atoms with Crippen LogP contribution in [0.2, 0.25) is 0 Å². The number of thioether (sulfide) groups is 1. The summed E-state index contributed by atoms with van der Waals surface area (Å²) in [5, 5.41) is 13.0. The van der Waals surface area contributed by atoms with Gasteiger partial charge >= 0.3 is 0 Å². The predicted octanol–water partition coefficient (Wildman–Crippen LogP) is 1.92. The van der Waals surface area contributed by atoms with E-state index in [1.807, 2.05) is 0 Å². The maximum Gasteiger partial charge on any atom is 0.163 e. The molecule has 0 aliphatic carbocycles. The van der Waals surface area contributed by atoms with Crippen LogP contribution in [0.25, 0.3) is 0 Å². The summed E-state index contributed by atoms with van der Waals surface area (Å²) in [6.45, 7) is 0.645. The Labute approximate surface area is 103 Å². The molecule has 1 aromatic carbocycles. The van der Waals surface area contributed by atoms with Gasteiger partial charge in [0.25, 0.3) is 0 Å². The van der Waals surface area contributed by atoms with E-state index in [9.17, 15) is 13.9 Å². The molecule has 0 saturated carbocycles. The third-order valence-electron chi connectivity index (χ3n) is 2.88. The van der Waals surface area contributed by atoms with Crippen molar-refractivity contribution in [2.45, 2.75) is 18.6 Å². The normalized spacial score (nSPS) is 24.2. The maximum absolute atomic E-state index is 13.3. The third-order valence-corrected chi connectivity index (χ3v) is 4.12. The molecular weight excluding hydrogens is 244 g/mol. The number of benzene rings is 1. The maximum atomic E-state index is 13.3. The van der Waals surface area contributed by atoms with Gasteiger partial charge in [-0.3, -0.25) is 0 Å². The molecule has 1 aliphatic heterocycles. The van der Waals surface area contributed by atoms with E-state index in [1.54, 1.807) is 17.8 Å². The molecule has 1 heterocycles. The first-order chi connectivity index (χ1) is 8.11. The second kappa shape index (κ2) is 5.33. The molecule has 2 nitrogen and oxygen atoms in total. The first-order valence-electron chi connectivity index (χ1n) is 5.54. The smallest absolute Gasteiger partial charge is 0.163 e. The Balaban J connectivity index is 1.88. The predicted molar refractivity (Wildman–Crippen MR) is 65.0 cm³/mol. The molecule has 0 amide bonds. The number of aliphatic hydroxyl groups is 1. The third kappa shape index (κ3) is 3.18. The molecule has 1 aliphatic rings. The Kier molecular flexibility index (Phi) is 4.01. The second-order valence-electron chi connectivity index (χ2n) is 4.34. The average Bonchev–Trinajstić information content (AvgIpc) is 2.72. The van der Waals surface area contributed by atoms with Crippen molar-refractivity contribution in [1.82, 2.24) is 5.32 Å². The Bertz CT molecular complexity index is 394. The van der Waals surface area contributed by atoms with E-state index in [0.717, 1.165) is 18.2 Å². The zero-order valence-corrected chi connectivity index (χ0v) is 10.2. The van der Waals surface area contributed by atoms with Crippen LogP contribution in [0.3, 0.4) is 0 Å². The summed E-state index contributed by atoms with van der Waals surface area (Å²) < 4.78 is 26.2. The minimum absolute atomic E-state index is 0.233. The van der Waals surface area contributed by atoms with Crippen LogP contribution in [-0.4, -0.2) is 28.8 Å². The van der Waals surface area contributed by atoms with Crippen molar-refractivity contribution in [2.24, 2.45) is 0 Å². The highest BCUT2D eigenvalue weighted by atomic mass is 32.2. The fourth-order valence-corrected chi connectivity index (χ4v) is 3.15. The van der Waals surface area contributed by atoms with Gasteiger partial charge in [-0.1, -0.05) is 12.1 Å². The largest absolute Gasteiger partial charge is 0.388 e. The molecule has 1 fully saturated rings. The van der Waals surface area contributed by atoms with Crippen LogP contribution in [0.5, 0.6) is 0 Å². The van der Waals surface area contributed by atoms with E-state index in [2.05, 4.69) is 5.32 Å². The van der Waals surface area contributed by atoms with Gasteiger partial charge in [0.2, 0.25) is 0 Å². The Morgan fingerprint density at radius 1 is 1.41 bits per heavy atom. The van der Waals surface area contributed by atoms with E-state index < -0.39 is 17.2 Å². The fourth-order valence-electron chi connectivity index (χ4n) is 1.85. The lowest BCUT2D eigenvalue weighted by molar-refractivity contribution is 0.0674. The van der Waals surface area contributed by atoms with Gasteiger partial charge in [-0.15, -0.1) is 0 Å². The molecule has 1 saturated heterocycles. The van der Waals surface area contributed by atoms with Gasteiger partial charge in [-0.25, -0.2) is 8.78 Å². The molecule has 2 rings (SSSR count). The minimum atomic E-state index is -0.834. The molecular formula is C12H15F2NOS. The Morgan fingerprint density at radius 2 is 2.24 bits per heavy atom. The van der Waals surface area contributed by atoms with Crippen LogP contribution in [0, 0.1) is 11.6 Å².